The number of phenolic OH excluding ortho intramolecular Hbond substituents is 1. The molecule has 2 aromatic carbocycles. The molecule has 0 saturated heterocycles. The zero-order chi connectivity index (χ0) is 19.5. The maximum Gasteiger partial charge on any atom is 0.138 e. The molecule has 2 aromatic rings. The van der Waals surface area contributed by atoms with Crippen LogP contribution in [0.2, 0.25) is 0 Å². The molecule has 0 aliphatic rings. The van der Waals surface area contributed by atoms with Crippen LogP contribution in [0.25, 0.3) is 0 Å². The molecule has 0 unspecified atom stereocenters. The molecule has 0 bridgehead atoms. The average molecular weight is 369 g/mol. The Bertz CT molecular complexity index is 670. The molecule has 27 heavy (non-hydrogen) atoms. The largest absolute Gasteiger partial charge is 0.508 e. The Balaban J connectivity index is 2.46. The van der Waals surface area contributed by atoms with Crippen molar-refractivity contribution in [3.05, 3.63) is 59.7 Å². The van der Waals surface area contributed by atoms with Gasteiger partial charge in [-0.05, 0) is 56.2 Å². The first-order valence-electron chi connectivity index (χ1n) is 10.7. The van der Waals surface area contributed by atoms with E-state index >= 15 is 0 Å². The molecule has 2 heteroatoms. The van der Waals surface area contributed by atoms with E-state index in [0.717, 1.165) is 62.7 Å². The van der Waals surface area contributed by atoms with Gasteiger partial charge in [-0.25, -0.2) is 0 Å². The van der Waals surface area contributed by atoms with Crippen molar-refractivity contribution in [2.24, 2.45) is 0 Å². The molecule has 0 aromatic heterocycles. The third kappa shape index (κ3) is 5.76. The van der Waals surface area contributed by atoms with E-state index in [1.165, 1.54) is 12.0 Å². The van der Waals surface area contributed by atoms with Crippen LogP contribution in [-0.4, -0.2) is 5.11 Å². The lowest BCUT2D eigenvalue weighted by molar-refractivity contribution is 0.0388. The topological polar surface area (TPSA) is 29.5 Å². The van der Waals surface area contributed by atoms with E-state index in [1.54, 1.807) is 6.07 Å². The molecule has 2 rings (SSSR count). The minimum Gasteiger partial charge on any atom is -0.508 e. The minimum absolute atomic E-state index is 0.343. The maximum atomic E-state index is 10.7. The smallest absolute Gasteiger partial charge is 0.138 e. The molecular weight excluding hydrogens is 332 g/mol. The van der Waals surface area contributed by atoms with Gasteiger partial charge in [0.25, 0.3) is 0 Å². The van der Waals surface area contributed by atoms with Crippen LogP contribution in [0, 0.1) is 0 Å². The van der Waals surface area contributed by atoms with E-state index in [0.29, 0.717) is 5.75 Å². The molecule has 0 heterocycles. The molecule has 0 amide bonds. The Morgan fingerprint density at radius 2 is 1.37 bits per heavy atom. The monoisotopic (exact) mass is 368 g/mol. The summed E-state index contributed by atoms with van der Waals surface area (Å²) >= 11 is 0. The molecule has 0 spiro atoms. The van der Waals surface area contributed by atoms with Gasteiger partial charge in [0.2, 0.25) is 0 Å². The Kier molecular flexibility index (Phi) is 8.71. The predicted octanol–water partition coefficient (Wildman–Crippen LogP) is 7.39. The van der Waals surface area contributed by atoms with Gasteiger partial charge >= 0.3 is 0 Å². The highest BCUT2D eigenvalue weighted by Crippen LogP contribution is 2.42. The standard InChI is InChI=1S/C25H36O2/c1-4-7-14-21-15-10-13-18-24(21)27-25(19-8-5-2,20-9-6-3)22-16-11-12-17-23(22)26/h10-13,15-18,26H,4-9,14,19-20H2,1-3H3. The quantitative estimate of drug-likeness (QED) is 0.423. The van der Waals surface area contributed by atoms with Crippen molar-refractivity contribution >= 4 is 0 Å². The van der Waals surface area contributed by atoms with Crippen LogP contribution in [0.1, 0.15) is 83.3 Å². The van der Waals surface area contributed by atoms with E-state index in [2.05, 4.69) is 45.0 Å². The van der Waals surface area contributed by atoms with Gasteiger partial charge in [0.15, 0.2) is 0 Å². The van der Waals surface area contributed by atoms with Crippen molar-refractivity contribution in [1.82, 2.24) is 0 Å². The summed E-state index contributed by atoms with van der Waals surface area (Å²) in [5.41, 5.74) is 1.73. The number of ether oxygens (including phenoxy) is 1. The third-order valence-corrected chi connectivity index (χ3v) is 5.34. The molecule has 1 N–H and O–H groups in total. The van der Waals surface area contributed by atoms with E-state index < -0.39 is 5.60 Å². The van der Waals surface area contributed by atoms with E-state index in [4.69, 9.17) is 4.74 Å². The molecule has 148 valence electrons. The van der Waals surface area contributed by atoms with Crippen molar-refractivity contribution < 1.29 is 9.84 Å². The lowest BCUT2D eigenvalue weighted by Crippen LogP contribution is -2.34. The van der Waals surface area contributed by atoms with Crippen LogP contribution in [0.5, 0.6) is 11.5 Å². The number of rotatable bonds is 12. The zero-order valence-electron chi connectivity index (χ0n) is 17.3. The van der Waals surface area contributed by atoms with Gasteiger partial charge in [-0.15, -0.1) is 0 Å². The summed E-state index contributed by atoms with van der Waals surface area (Å²) in [6.07, 6.45) is 9.59. The van der Waals surface area contributed by atoms with Gasteiger partial charge in [-0.2, -0.15) is 0 Å². The summed E-state index contributed by atoms with van der Waals surface area (Å²) in [5, 5.41) is 10.7. The molecule has 0 atom stereocenters. The van der Waals surface area contributed by atoms with Crippen LogP contribution < -0.4 is 4.74 Å². The molecule has 0 fully saturated rings. The molecular formula is C25H36O2. The molecule has 0 aliphatic carbocycles. The SMILES string of the molecule is CCCCc1ccccc1OC(CCCC)(CCCC)c1ccccc1O. The number of hydrogen-bond acceptors (Lipinski definition) is 2. The Hall–Kier alpha value is -1.96. The van der Waals surface area contributed by atoms with Crippen molar-refractivity contribution in [1.29, 1.82) is 0 Å². The minimum atomic E-state index is -0.473. The number of unbranched alkanes of at least 4 members (excludes halogenated alkanes) is 3. The lowest BCUT2D eigenvalue weighted by Gasteiger charge is -2.36. The van der Waals surface area contributed by atoms with Crippen LogP contribution in [0.15, 0.2) is 48.5 Å². The fourth-order valence-electron chi connectivity index (χ4n) is 3.72. The first-order chi connectivity index (χ1) is 13.2. The number of aryl methyl sites for hydroxylation is 1. The molecule has 2 nitrogen and oxygen atoms in total. The van der Waals surface area contributed by atoms with Crippen molar-refractivity contribution in [3.63, 3.8) is 0 Å². The summed E-state index contributed by atoms with van der Waals surface area (Å²) in [4.78, 5) is 0. The van der Waals surface area contributed by atoms with Gasteiger partial charge in [0, 0.05) is 5.56 Å². The number of aromatic hydroxyl groups is 1. The summed E-state index contributed by atoms with van der Waals surface area (Å²) in [6, 6.07) is 16.1. The van der Waals surface area contributed by atoms with Gasteiger partial charge in [-0.3, -0.25) is 0 Å². The van der Waals surface area contributed by atoms with Crippen molar-refractivity contribution in [2.75, 3.05) is 0 Å². The number of hydrogen-bond donors (Lipinski definition) is 1. The van der Waals surface area contributed by atoms with E-state index in [9.17, 15) is 5.11 Å². The fourth-order valence-corrected chi connectivity index (χ4v) is 3.72. The first kappa shape index (κ1) is 21.3. The second-order valence-corrected chi connectivity index (χ2v) is 7.53. The Labute approximate surface area is 165 Å². The first-order valence-corrected chi connectivity index (χ1v) is 10.7. The highest BCUT2D eigenvalue weighted by molar-refractivity contribution is 5.40. The summed E-state index contributed by atoms with van der Waals surface area (Å²) in [5.74, 6) is 1.32. The third-order valence-electron chi connectivity index (χ3n) is 5.34. The number of phenols is 1. The van der Waals surface area contributed by atoms with Gasteiger partial charge in [0.1, 0.15) is 17.1 Å². The highest BCUT2D eigenvalue weighted by Gasteiger charge is 2.36. The number of benzene rings is 2. The maximum absolute atomic E-state index is 10.7. The van der Waals surface area contributed by atoms with Gasteiger partial charge in [-0.1, -0.05) is 76.4 Å². The van der Waals surface area contributed by atoms with Crippen LogP contribution in [0.3, 0.4) is 0 Å². The predicted molar refractivity (Wildman–Crippen MR) is 115 cm³/mol. The summed E-state index contributed by atoms with van der Waals surface area (Å²) in [6.45, 7) is 6.65. The van der Waals surface area contributed by atoms with E-state index in [1.807, 2.05) is 18.2 Å². The number of para-hydroxylation sites is 2. The van der Waals surface area contributed by atoms with Gasteiger partial charge < -0.3 is 9.84 Å². The summed E-state index contributed by atoms with van der Waals surface area (Å²) in [7, 11) is 0. The second kappa shape index (κ2) is 11.0. The fraction of sp³-hybridized carbons (Fsp3) is 0.520. The highest BCUT2D eigenvalue weighted by atomic mass is 16.5. The second-order valence-electron chi connectivity index (χ2n) is 7.53. The van der Waals surface area contributed by atoms with Crippen LogP contribution in [0.4, 0.5) is 0 Å². The Morgan fingerprint density at radius 1 is 0.778 bits per heavy atom. The van der Waals surface area contributed by atoms with Crippen molar-refractivity contribution in [3.8, 4) is 11.5 Å². The molecule has 0 saturated carbocycles. The van der Waals surface area contributed by atoms with E-state index in [-0.39, 0.29) is 0 Å². The van der Waals surface area contributed by atoms with Crippen LogP contribution in [-0.2, 0) is 12.0 Å². The Morgan fingerprint density at radius 3 is 2.00 bits per heavy atom. The van der Waals surface area contributed by atoms with Crippen molar-refractivity contribution in [2.45, 2.75) is 84.2 Å². The summed E-state index contributed by atoms with van der Waals surface area (Å²) < 4.78 is 6.84. The normalized spacial score (nSPS) is 11.5. The molecule has 0 radical (unpaired) electrons. The zero-order valence-corrected chi connectivity index (χ0v) is 17.3. The van der Waals surface area contributed by atoms with Gasteiger partial charge in [0.05, 0.1) is 0 Å². The average Bonchev–Trinajstić information content (AvgIpc) is 2.70. The lowest BCUT2D eigenvalue weighted by atomic mass is 9.83. The van der Waals surface area contributed by atoms with Crippen LogP contribution >= 0.6 is 0 Å². The molecule has 0 aliphatic heterocycles.